The Balaban J connectivity index is 1.40. The molecule has 2 heterocycles. The number of piperazine rings is 1. The number of rotatable bonds is 3. The molecule has 126 valence electrons. The largest absolute Gasteiger partial charge is 0.368 e. The van der Waals surface area contributed by atoms with Crippen molar-refractivity contribution in [1.29, 1.82) is 0 Å². The van der Waals surface area contributed by atoms with Crippen LogP contribution in [0.1, 0.15) is 10.4 Å². The minimum Gasteiger partial charge on any atom is -0.368 e. The fraction of sp³-hybridized carbons (Fsp3) is 0.200. The number of para-hydroxylation sites is 1. The van der Waals surface area contributed by atoms with Crippen molar-refractivity contribution in [2.45, 2.75) is 0 Å². The highest BCUT2D eigenvalue weighted by Gasteiger charge is 2.22. The molecule has 5 heteroatoms. The van der Waals surface area contributed by atoms with E-state index >= 15 is 0 Å². The molecule has 0 spiro atoms. The predicted molar refractivity (Wildman–Crippen MR) is 98.1 cm³/mol. The SMILES string of the molecule is O=C(c1ccc(-n2cccn2)cc1)N1CCN(c2ccccc2)CC1. The summed E-state index contributed by atoms with van der Waals surface area (Å²) in [5.41, 5.74) is 2.90. The van der Waals surface area contributed by atoms with Gasteiger partial charge in [-0.1, -0.05) is 18.2 Å². The van der Waals surface area contributed by atoms with Crippen LogP contribution in [0.5, 0.6) is 0 Å². The van der Waals surface area contributed by atoms with E-state index in [2.05, 4.69) is 22.1 Å². The predicted octanol–water partition coefficient (Wildman–Crippen LogP) is 2.83. The fourth-order valence-corrected chi connectivity index (χ4v) is 3.17. The van der Waals surface area contributed by atoms with Crippen molar-refractivity contribution >= 4 is 11.6 Å². The van der Waals surface area contributed by atoms with Crippen molar-refractivity contribution in [3.63, 3.8) is 0 Å². The molecule has 5 nitrogen and oxygen atoms in total. The average molecular weight is 332 g/mol. The molecule has 1 aromatic heterocycles. The zero-order chi connectivity index (χ0) is 17.1. The Morgan fingerprint density at radius 1 is 0.800 bits per heavy atom. The van der Waals surface area contributed by atoms with Gasteiger partial charge in [-0.2, -0.15) is 5.10 Å². The first-order chi connectivity index (χ1) is 12.3. The molecule has 1 saturated heterocycles. The van der Waals surface area contributed by atoms with Gasteiger partial charge < -0.3 is 9.80 Å². The second-order valence-electron chi connectivity index (χ2n) is 6.11. The Morgan fingerprint density at radius 2 is 1.52 bits per heavy atom. The number of carbonyl (C=O) groups is 1. The molecule has 0 saturated carbocycles. The summed E-state index contributed by atoms with van der Waals surface area (Å²) >= 11 is 0. The average Bonchev–Trinajstić information content (AvgIpc) is 3.23. The van der Waals surface area contributed by atoms with Gasteiger partial charge in [-0.25, -0.2) is 4.68 Å². The number of benzene rings is 2. The summed E-state index contributed by atoms with van der Waals surface area (Å²) in [5.74, 6) is 0.0970. The van der Waals surface area contributed by atoms with Gasteiger partial charge in [0.1, 0.15) is 0 Å². The first kappa shape index (κ1) is 15.4. The number of carbonyl (C=O) groups excluding carboxylic acids is 1. The van der Waals surface area contributed by atoms with Gasteiger partial charge in [-0.15, -0.1) is 0 Å². The van der Waals surface area contributed by atoms with E-state index in [1.165, 1.54) is 5.69 Å². The molecule has 1 amide bonds. The molecule has 0 unspecified atom stereocenters. The summed E-state index contributed by atoms with van der Waals surface area (Å²) < 4.78 is 1.78. The number of nitrogens with zero attached hydrogens (tertiary/aromatic N) is 4. The third-order valence-electron chi connectivity index (χ3n) is 4.57. The van der Waals surface area contributed by atoms with E-state index in [-0.39, 0.29) is 5.91 Å². The number of anilines is 1. The van der Waals surface area contributed by atoms with Crippen molar-refractivity contribution in [2.75, 3.05) is 31.1 Å². The summed E-state index contributed by atoms with van der Waals surface area (Å²) in [4.78, 5) is 17.0. The summed E-state index contributed by atoms with van der Waals surface area (Å²) in [5, 5.41) is 4.20. The summed E-state index contributed by atoms with van der Waals surface area (Å²) in [6.07, 6.45) is 3.63. The van der Waals surface area contributed by atoms with E-state index in [1.807, 2.05) is 59.6 Å². The van der Waals surface area contributed by atoms with Crippen LogP contribution in [0.15, 0.2) is 73.1 Å². The van der Waals surface area contributed by atoms with E-state index in [0.29, 0.717) is 0 Å². The molecule has 0 N–H and O–H groups in total. The highest BCUT2D eigenvalue weighted by Crippen LogP contribution is 2.17. The number of hydrogen-bond acceptors (Lipinski definition) is 3. The van der Waals surface area contributed by atoms with Gasteiger partial charge in [0, 0.05) is 49.8 Å². The quantitative estimate of drug-likeness (QED) is 0.741. The first-order valence-corrected chi connectivity index (χ1v) is 8.50. The molecule has 0 aliphatic carbocycles. The Bertz CT molecular complexity index is 820. The molecule has 2 aromatic carbocycles. The first-order valence-electron chi connectivity index (χ1n) is 8.50. The van der Waals surface area contributed by atoms with E-state index < -0.39 is 0 Å². The lowest BCUT2D eigenvalue weighted by atomic mass is 10.1. The van der Waals surface area contributed by atoms with Crippen molar-refractivity contribution in [3.05, 3.63) is 78.6 Å². The minimum absolute atomic E-state index is 0.0970. The third kappa shape index (κ3) is 3.26. The van der Waals surface area contributed by atoms with E-state index in [0.717, 1.165) is 37.4 Å². The Kier molecular flexibility index (Phi) is 4.21. The fourth-order valence-electron chi connectivity index (χ4n) is 3.17. The van der Waals surface area contributed by atoms with Crippen LogP contribution in [0.4, 0.5) is 5.69 Å². The van der Waals surface area contributed by atoms with E-state index in [1.54, 1.807) is 10.9 Å². The van der Waals surface area contributed by atoms with Crippen molar-refractivity contribution in [3.8, 4) is 5.69 Å². The molecular weight excluding hydrogens is 312 g/mol. The Morgan fingerprint density at radius 3 is 2.16 bits per heavy atom. The maximum atomic E-state index is 12.7. The highest BCUT2D eigenvalue weighted by atomic mass is 16.2. The van der Waals surface area contributed by atoms with Crippen LogP contribution >= 0.6 is 0 Å². The molecule has 4 rings (SSSR count). The summed E-state index contributed by atoms with van der Waals surface area (Å²) in [6.45, 7) is 3.21. The van der Waals surface area contributed by atoms with E-state index in [9.17, 15) is 4.79 Å². The van der Waals surface area contributed by atoms with Gasteiger partial charge >= 0.3 is 0 Å². The van der Waals surface area contributed by atoms with Crippen LogP contribution in [0.3, 0.4) is 0 Å². The Labute approximate surface area is 147 Å². The zero-order valence-electron chi connectivity index (χ0n) is 14.0. The molecular formula is C20H20N4O. The van der Waals surface area contributed by atoms with Gasteiger partial charge in [-0.05, 0) is 42.5 Å². The minimum atomic E-state index is 0.0970. The lowest BCUT2D eigenvalue weighted by molar-refractivity contribution is 0.0747. The van der Waals surface area contributed by atoms with Gasteiger partial charge in [-0.3, -0.25) is 4.79 Å². The maximum Gasteiger partial charge on any atom is 0.253 e. The van der Waals surface area contributed by atoms with Crippen molar-refractivity contribution < 1.29 is 4.79 Å². The number of aromatic nitrogens is 2. The summed E-state index contributed by atoms with van der Waals surface area (Å²) in [6, 6.07) is 19.9. The van der Waals surface area contributed by atoms with Gasteiger partial charge in [0.05, 0.1) is 5.69 Å². The lowest BCUT2D eigenvalue weighted by Gasteiger charge is -2.36. The van der Waals surface area contributed by atoms with Crippen LogP contribution in [0.25, 0.3) is 5.69 Å². The second kappa shape index (κ2) is 6.81. The van der Waals surface area contributed by atoms with Gasteiger partial charge in [0.2, 0.25) is 0 Å². The lowest BCUT2D eigenvalue weighted by Crippen LogP contribution is -2.48. The van der Waals surface area contributed by atoms with Crippen LogP contribution < -0.4 is 4.90 Å². The topological polar surface area (TPSA) is 41.4 Å². The smallest absolute Gasteiger partial charge is 0.253 e. The van der Waals surface area contributed by atoms with E-state index in [4.69, 9.17) is 0 Å². The standard InChI is InChI=1S/C20H20N4O/c25-20(17-7-9-19(10-8-17)24-12-4-11-21-24)23-15-13-22(14-16-23)18-5-2-1-3-6-18/h1-12H,13-16H2. The highest BCUT2D eigenvalue weighted by molar-refractivity contribution is 5.94. The summed E-state index contributed by atoms with van der Waals surface area (Å²) in [7, 11) is 0. The van der Waals surface area contributed by atoms with Crippen molar-refractivity contribution in [2.24, 2.45) is 0 Å². The molecule has 1 aliphatic rings. The van der Waals surface area contributed by atoms with Crippen LogP contribution in [0.2, 0.25) is 0 Å². The number of amides is 1. The van der Waals surface area contributed by atoms with Crippen LogP contribution in [0, 0.1) is 0 Å². The third-order valence-corrected chi connectivity index (χ3v) is 4.57. The van der Waals surface area contributed by atoms with Crippen LogP contribution in [-0.2, 0) is 0 Å². The molecule has 0 bridgehead atoms. The second-order valence-corrected chi connectivity index (χ2v) is 6.11. The Hall–Kier alpha value is -3.08. The zero-order valence-corrected chi connectivity index (χ0v) is 14.0. The van der Waals surface area contributed by atoms with Gasteiger partial charge in [0.15, 0.2) is 0 Å². The van der Waals surface area contributed by atoms with Crippen molar-refractivity contribution in [1.82, 2.24) is 14.7 Å². The number of hydrogen-bond donors (Lipinski definition) is 0. The monoisotopic (exact) mass is 332 g/mol. The molecule has 1 fully saturated rings. The molecule has 0 atom stereocenters. The maximum absolute atomic E-state index is 12.7. The molecule has 0 radical (unpaired) electrons. The molecule has 1 aliphatic heterocycles. The molecule has 3 aromatic rings. The van der Waals surface area contributed by atoms with Crippen LogP contribution in [-0.4, -0.2) is 46.8 Å². The normalized spacial score (nSPS) is 14.6. The molecule has 25 heavy (non-hydrogen) atoms. The van der Waals surface area contributed by atoms with Gasteiger partial charge in [0.25, 0.3) is 5.91 Å².